The summed E-state index contributed by atoms with van der Waals surface area (Å²) in [5.41, 5.74) is 2.54. The molecule has 0 bridgehead atoms. The molecule has 0 aliphatic rings. The van der Waals surface area contributed by atoms with Gasteiger partial charge in [-0.2, -0.15) is 8.42 Å². The maximum Gasteiger partial charge on any atom is 0.274 e. The quantitative estimate of drug-likeness (QED) is 0.357. The van der Waals surface area contributed by atoms with E-state index >= 15 is 0 Å². The number of anilines is 2. The Morgan fingerprint density at radius 1 is 1.29 bits per heavy atom. The van der Waals surface area contributed by atoms with Crippen molar-refractivity contribution in [2.75, 3.05) is 30.8 Å². The predicted molar refractivity (Wildman–Crippen MR) is 108 cm³/mol. The molecule has 0 atom stereocenters. The van der Waals surface area contributed by atoms with Gasteiger partial charge in [0.1, 0.15) is 5.82 Å². The van der Waals surface area contributed by atoms with Crippen LogP contribution in [0.2, 0.25) is 0 Å². The number of rotatable bonds is 8. The first kappa shape index (κ1) is 24.0. The first-order chi connectivity index (χ1) is 13.2. The van der Waals surface area contributed by atoms with Crippen molar-refractivity contribution < 1.29 is 22.5 Å². The maximum absolute atomic E-state index is 13.4. The van der Waals surface area contributed by atoms with Gasteiger partial charge in [0.05, 0.1) is 10.2 Å². The van der Waals surface area contributed by atoms with Crippen molar-refractivity contribution >= 4 is 43.3 Å². The molecule has 0 spiro atoms. The Labute approximate surface area is 170 Å². The first-order valence-corrected chi connectivity index (χ1v) is 10.2. The standard InChI is InChI=1S/C14H18BrFN6O3S.CH4O/c1-8(2)12(20-9-3-4-11(16)10(15)7-9)13-14(22-25-21-13)18-5-6-19-26(17,23)24;1-2/h3-4,7,19-20H,5-6H2,1-2H3,(H,18,22)(H2,17,23,24);2H,1H3. The molecule has 0 saturated carbocycles. The van der Waals surface area contributed by atoms with Crippen LogP contribution in [0.15, 0.2) is 32.9 Å². The fourth-order valence-corrected chi connectivity index (χ4v) is 2.75. The van der Waals surface area contributed by atoms with E-state index in [1.165, 1.54) is 6.07 Å². The third kappa shape index (κ3) is 7.52. The molecule has 1 heterocycles. The number of aliphatic hydroxyl groups excluding tert-OH is 1. The van der Waals surface area contributed by atoms with Crippen molar-refractivity contribution in [3.05, 3.63) is 39.8 Å². The molecule has 0 unspecified atom stereocenters. The van der Waals surface area contributed by atoms with E-state index in [1.54, 1.807) is 12.1 Å². The normalized spacial score (nSPS) is 10.7. The van der Waals surface area contributed by atoms with E-state index in [-0.39, 0.29) is 18.9 Å². The Kier molecular flexibility index (Phi) is 9.48. The molecule has 0 aliphatic heterocycles. The molecule has 0 saturated heterocycles. The molecule has 13 heteroatoms. The Balaban J connectivity index is 0.00000190. The van der Waals surface area contributed by atoms with E-state index in [2.05, 4.69) is 41.6 Å². The molecule has 28 heavy (non-hydrogen) atoms. The topological polar surface area (TPSA) is 155 Å². The highest BCUT2D eigenvalue weighted by Gasteiger charge is 2.17. The van der Waals surface area contributed by atoms with Gasteiger partial charge in [-0.15, -0.1) is 0 Å². The van der Waals surface area contributed by atoms with Crippen molar-refractivity contribution in [1.82, 2.24) is 15.0 Å². The van der Waals surface area contributed by atoms with Gasteiger partial charge in [0.2, 0.25) is 5.82 Å². The van der Waals surface area contributed by atoms with Crippen LogP contribution in [-0.2, 0) is 10.2 Å². The molecule has 10 nitrogen and oxygen atoms in total. The molecule has 1 aromatic carbocycles. The number of hydrogen-bond acceptors (Lipinski definition) is 8. The Bertz CT molecular complexity index is 915. The van der Waals surface area contributed by atoms with Gasteiger partial charge in [0.25, 0.3) is 10.2 Å². The van der Waals surface area contributed by atoms with Crippen LogP contribution in [-0.4, -0.2) is 44.0 Å². The van der Waals surface area contributed by atoms with Crippen molar-refractivity contribution in [3.63, 3.8) is 0 Å². The van der Waals surface area contributed by atoms with E-state index in [1.807, 2.05) is 13.8 Å². The van der Waals surface area contributed by atoms with Gasteiger partial charge in [-0.05, 0) is 58.3 Å². The molecule has 2 aromatic rings. The third-order valence-electron chi connectivity index (χ3n) is 3.13. The van der Waals surface area contributed by atoms with E-state index in [0.29, 0.717) is 27.4 Å². The average molecular weight is 481 g/mol. The third-order valence-corrected chi connectivity index (χ3v) is 4.35. The summed E-state index contributed by atoms with van der Waals surface area (Å²) >= 11 is 3.14. The lowest BCUT2D eigenvalue weighted by Gasteiger charge is -2.13. The van der Waals surface area contributed by atoms with Crippen molar-refractivity contribution in [2.45, 2.75) is 13.8 Å². The van der Waals surface area contributed by atoms with E-state index in [9.17, 15) is 12.8 Å². The molecule has 156 valence electrons. The molecule has 0 aliphatic carbocycles. The number of nitrogens with two attached hydrogens (primary N) is 1. The summed E-state index contributed by atoms with van der Waals surface area (Å²) in [6.45, 7) is 4.01. The zero-order chi connectivity index (χ0) is 21.3. The summed E-state index contributed by atoms with van der Waals surface area (Å²) < 4.78 is 42.4. The molecule has 6 N–H and O–H groups in total. The number of allylic oxidation sites excluding steroid dienone is 1. The van der Waals surface area contributed by atoms with Crippen molar-refractivity contribution in [3.8, 4) is 0 Å². The molecule has 2 rings (SSSR count). The van der Waals surface area contributed by atoms with E-state index in [4.69, 9.17) is 14.9 Å². The van der Waals surface area contributed by atoms with Crippen LogP contribution >= 0.6 is 15.9 Å². The van der Waals surface area contributed by atoms with Gasteiger partial charge in [-0.3, -0.25) is 0 Å². The van der Waals surface area contributed by atoms with Gasteiger partial charge in [-0.1, -0.05) is 5.57 Å². The molecule has 0 radical (unpaired) electrons. The molecular weight excluding hydrogens is 459 g/mol. The van der Waals surface area contributed by atoms with Crippen LogP contribution in [0.3, 0.4) is 0 Å². The minimum atomic E-state index is -3.76. The van der Waals surface area contributed by atoms with Gasteiger partial charge in [0, 0.05) is 25.9 Å². The van der Waals surface area contributed by atoms with E-state index < -0.39 is 10.2 Å². The van der Waals surface area contributed by atoms with Crippen LogP contribution < -0.4 is 20.5 Å². The Morgan fingerprint density at radius 3 is 2.54 bits per heavy atom. The van der Waals surface area contributed by atoms with Gasteiger partial charge in [0.15, 0.2) is 5.69 Å². The fraction of sp³-hybridized carbons (Fsp3) is 0.333. The zero-order valence-electron chi connectivity index (χ0n) is 15.5. The highest BCUT2D eigenvalue weighted by atomic mass is 79.9. The van der Waals surface area contributed by atoms with Crippen LogP contribution in [0.4, 0.5) is 15.9 Å². The van der Waals surface area contributed by atoms with Crippen LogP contribution in [0, 0.1) is 5.82 Å². The fourth-order valence-electron chi connectivity index (χ4n) is 1.98. The number of hydrogen-bond donors (Lipinski definition) is 5. The van der Waals surface area contributed by atoms with Crippen LogP contribution in [0.1, 0.15) is 19.5 Å². The Morgan fingerprint density at radius 2 is 1.96 bits per heavy atom. The lowest BCUT2D eigenvalue weighted by molar-refractivity contribution is 0.307. The number of nitrogens with one attached hydrogen (secondary N) is 3. The first-order valence-electron chi connectivity index (χ1n) is 7.86. The largest absolute Gasteiger partial charge is 0.400 e. The van der Waals surface area contributed by atoms with E-state index in [0.717, 1.165) is 12.7 Å². The minimum Gasteiger partial charge on any atom is -0.400 e. The second kappa shape index (κ2) is 11.1. The zero-order valence-corrected chi connectivity index (χ0v) is 17.9. The molecule has 0 fully saturated rings. The van der Waals surface area contributed by atoms with Gasteiger partial charge >= 0.3 is 0 Å². The highest BCUT2D eigenvalue weighted by Crippen LogP contribution is 2.27. The number of benzene rings is 1. The lowest BCUT2D eigenvalue weighted by atomic mass is 10.2. The summed E-state index contributed by atoms with van der Waals surface area (Å²) in [7, 11) is -2.76. The highest BCUT2D eigenvalue weighted by molar-refractivity contribution is 9.10. The molecule has 1 aromatic heterocycles. The summed E-state index contributed by atoms with van der Waals surface area (Å²) in [5.74, 6) is -0.0480. The number of aliphatic hydroxyl groups is 1. The van der Waals surface area contributed by atoms with Crippen LogP contribution in [0.5, 0.6) is 0 Å². The van der Waals surface area contributed by atoms with Crippen molar-refractivity contribution in [1.29, 1.82) is 0 Å². The second-order valence-corrected chi connectivity index (χ2v) is 7.69. The SMILES string of the molecule is CC(C)=C(Nc1ccc(F)c(Br)c1)c1nonc1NCCNS(N)(=O)=O.CO. The summed E-state index contributed by atoms with van der Waals surface area (Å²) in [4.78, 5) is 0. The number of aromatic nitrogens is 2. The lowest BCUT2D eigenvalue weighted by Crippen LogP contribution is -2.34. The monoisotopic (exact) mass is 480 g/mol. The van der Waals surface area contributed by atoms with Gasteiger partial charge in [-0.25, -0.2) is 18.9 Å². The number of halogens is 2. The van der Waals surface area contributed by atoms with Crippen molar-refractivity contribution in [2.24, 2.45) is 5.14 Å². The smallest absolute Gasteiger partial charge is 0.274 e. The maximum atomic E-state index is 13.4. The number of nitrogens with zero attached hydrogens (tertiary/aromatic N) is 2. The minimum absolute atomic E-state index is 0.0631. The second-order valence-electron chi connectivity index (χ2n) is 5.46. The molecular formula is C15H22BrFN6O4S. The van der Waals surface area contributed by atoms with Gasteiger partial charge < -0.3 is 15.7 Å². The summed E-state index contributed by atoms with van der Waals surface area (Å²) in [6.07, 6.45) is 0. The summed E-state index contributed by atoms with van der Waals surface area (Å²) in [6, 6.07) is 4.50. The Hall–Kier alpha value is -2.06. The average Bonchev–Trinajstić information content (AvgIpc) is 3.08. The summed E-state index contributed by atoms with van der Waals surface area (Å²) in [5, 5.41) is 25.6. The van der Waals surface area contributed by atoms with Crippen LogP contribution in [0.25, 0.3) is 5.70 Å². The molecule has 0 amide bonds. The predicted octanol–water partition coefficient (Wildman–Crippen LogP) is 1.65.